The van der Waals surface area contributed by atoms with Gasteiger partial charge in [0.2, 0.25) is 0 Å². The van der Waals surface area contributed by atoms with Crippen LogP contribution in [0.1, 0.15) is 46.0 Å². The highest BCUT2D eigenvalue weighted by atomic mass is 31.2. The zero-order valence-corrected chi connectivity index (χ0v) is 19.5. The molecule has 2 aromatic rings. The molecule has 0 aromatic heterocycles. The van der Waals surface area contributed by atoms with E-state index in [9.17, 15) is 4.57 Å². The number of benzene rings is 2. The second kappa shape index (κ2) is 15.4. The molecule has 0 radical (unpaired) electrons. The summed E-state index contributed by atoms with van der Waals surface area (Å²) in [5, 5.41) is 1.83. The second-order valence-corrected chi connectivity index (χ2v) is 8.53. The van der Waals surface area contributed by atoms with Gasteiger partial charge in [0.15, 0.2) is 5.75 Å². The van der Waals surface area contributed by atoms with Crippen molar-refractivity contribution in [3.8, 4) is 5.75 Å². The van der Waals surface area contributed by atoms with Gasteiger partial charge in [0.25, 0.3) is 0 Å². The van der Waals surface area contributed by atoms with Crippen molar-refractivity contribution in [2.24, 2.45) is 0 Å². The van der Waals surface area contributed by atoms with E-state index >= 15 is 0 Å². The molecule has 0 aliphatic heterocycles. The lowest BCUT2D eigenvalue weighted by atomic mass is 10.1. The van der Waals surface area contributed by atoms with Crippen LogP contribution < -0.4 is 4.89 Å². The number of phosphoric ester groups is 1. The molecular formula is C23H35O7P. The van der Waals surface area contributed by atoms with Gasteiger partial charge in [-0.3, -0.25) is 9.05 Å². The summed E-state index contributed by atoms with van der Waals surface area (Å²) in [6, 6.07) is 13.3. The van der Waals surface area contributed by atoms with E-state index in [2.05, 4.69) is 6.92 Å². The van der Waals surface area contributed by atoms with Crippen LogP contribution in [-0.2, 0) is 27.8 Å². The summed E-state index contributed by atoms with van der Waals surface area (Å²) in [4.78, 5) is 5.42. The van der Waals surface area contributed by atoms with E-state index in [1.165, 1.54) is 6.42 Å². The van der Waals surface area contributed by atoms with Crippen LogP contribution in [-0.4, -0.2) is 39.6 Å². The van der Waals surface area contributed by atoms with E-state index in [1.807, 2.05) is 43.3 Å². The summed E-state index contributed by atoms with van der Waals surface area (Å²) in [6.45, 7) is 6.23. The Kier molecular flexibility index (Phi) is 12.8. The van der Waals surface area contributed by atoms with Gasteiger partial charge in [-0.15, -0.1) is 0 Å². The Bertz CT molecular complexity index is 778. The minimum Gasteiger partial charge on any atom is -0.379 e. The molecule has 1 atom stereocenters. The standard InChI is InChI=1S/C23H35O7P/c1-3-5-6-7-10-16-27-31(24,28-20-19-26-18-17-25-4-2)30-29-23-15-11-13-21-12-8-9-14-22(21)23/h8-9,11-15H,3-7,10,16-20H2,1-2H3. The summed E-state index contributed by atoms with van der Waals surface area (Å²) >= 11 is 0. The number of phosphoric acid groups is 1. The van der Waals surface area contributed by atoms with Crippen LogP contribution in [0.25, 0.3) is 10.8 Å². The molecule has 0 aliphatic carbocycles. The summed E-state index contributed by atoms with van der Waals surface area (Å²) in [7, 11) is -3.91. The number of hydrogen-bond acceptors (Lipinski definition) is 7. The lowest BCUT2D eigenvalue weighted by molar-refractivity contribution is -0.132. The van der Waals surface area contributed by atoms with Crippen LogP contribution in [0.5, 0.6) is 5.75 Å². The molecule has 1 unspecified atom stereocenters. The van der Waals surface area contributed by atoms with Gasteiger partial charge in [-0.1, -0.05) is 73.7 Å². The number of hydrogen-bond donors (Lipinski definition) is 0. The van der Waals surface area contributed by atoms with Crippen molar-refractivity contribution in [2.75, 3.05) is 39.6 Å². The minimum absolute atomic E-state index is 0.0537. The maximum absolute atomic E-state index is 13.1. The van der Waals surface area contributed by atoms with Gasteiger partial charge in [-0.2, -0.15) is 0 Å². The summed E-state index contributed by atoms with van der Waals surface area (Å²) in [5.41, 5.74) is 0. The zero-order valence-electron chi connectivity index (χ0n) is 18.6. The van der Waals surface area contributed by atoms with Gasteiger partial charge in [-0.25, -0.2) is 4.57 Å². The average Bonchev–Trinajstić information content (AvgIpc) is 2.79. The normalized spacial score (nSPS) is 13.4. The average molecular weight is 455 g/mol. The predicted octanol–water partition coefficient (Wildman–Crippen LogP) is 6.32. The molecule has 0 N–H and O–H groups in total. The van der Waals surface area contributed by atoms with Gasteiger partial charge in [0.05, 0.1) is 33.0 Å². The lowest BCUT2D eigenvalue weighted by Crippen LogP contribution is -2.11. The second-order valence-electron chi connectivity index (χ2n) is 6.97. The largest absolute Gasteiger partial charge is 0.511 e. The minimum atomic E-state index is -3.91. The predicted molar refractivity (Wildman–Crippen MR) is 121 cm³/mol. The van der Waals surface area contributed by atoms with Crippen LogP contribution in [0.2, 0.25) is 0 Å². The maximum Gasteiger partial charge on any atom is 0.511 e. The van der Waals surface area contributed by atoms with Crippen molar-refractivity contribution in [3.05, 3.63) is 42.5 Å². The van der Waals surface area contributed by atoms with Gasteiger partial charge >= 0.3 is 7.82 Å². The number of rotatable bonds is 18. The molecule has 0 aliphatic rings. The Balaban J connectivity index is 1.88. The third kappa shape index (κ3) is 10.1. The molecule has 0 saturated carbocycles. The van der Waals surface area contributed by atoms with Crippen LogP contribution in [0, 0.1) is 0 Å². The molecule has 0 saturated heterocycles. The van der Waals surface area contributed by atoms with Crippen molar-refractivity contribution < 1.29 is 32.6 Å². The highest BCUT2D eigenvalue weighted by Gasteiger charge is 2.29. The molecule has 7 nitrogen and oxygen atoms in total. The van der Waals surface area contributed by atoms with Gasteiger partial charge in [0.1, 0.15) is 0 Å². The van der Waals surface area contributed by atoms with E-state index in [0.29, 0.717) is 25.6 Å². The van der Waals surface area contributed by atoms with E-state index < -0.39 is 7.82 Å². The van der Waals surface area contributed by atoms with Gasteiger partial charge in [0, 0.05) is 12.0 Å². The van der Waals surface area contributed by atoms with E-state index in [1.54, 1.807) is 6.07 Å². The fourth-order valence-electron chi connectivity index (χ4n) is 2.89. The molecule has 0 spiro atoms. The zero-order chi connectivity index (χ0) is 22.2. The van der Waals surface area contributed by atoms with Gasteiger partial charge in [-0.05, 0) is 24.8 Å². The van der Waals surface area contributed by atoms with Crippen molar-refractivity contribution in [1.82, 2.24) is 0 Å². The van der Waals surface area contributed by atoms with Crippen LogP contribution in [0.4, 0.5) is 0 Å². The first-order valence-corrected chi connectivity index (χ1v) is 12.5. The van der Waals surface area contributed by atoms with Crippen molar-refractivity contribution in [3.63, 3.8) is 0 Å². The maximum atomic E-state index is 13.1. The molecule has 0 amide bonds. The molecule has 0 heterocycles. The van der Waals surface area contributed by atoms with Crippen molar-refractivity contribution in [2.45, 2.75) is 46.0 Å². The Morgan fingerprint density at radius 2 is 1.45 bits per heavy atom. The third-order valence-corrected chi connectivity index (χ3v) is 5.77. The highest BCUT2D eigenvalue weighted by molar-refractivity contribution is 7.48. The quantitative estimate of drug-likeness (QED) is 0.113. The van der Waals surface area contributed by atoms with Crippen molar-refractivity contribution >= 4 is 18.6 Å². The first-order chi connectivity index (χ1) is 15.2. The highest BCUT2D eigenvalue weighted by Crippen LogP contribution is 2.50. The van der Waals surface area contributed by atoms with E-state index in [0.717, 1.165) is 36.5 Å². The fraction of sp³-hybridized carbons (Fsp3) is 0.565. The Hall–Kier alpha value is -1.47. The third-order valence-electron chi connectivity index (χ3n) is 4.52. The number of unbranched alkanes of at least 4 members (excludes halogenated alkanes) is 4. The van der Waals surface area contributed by atoms with E-state index in [4.69, 9.17) is 28.1 Å². The molecule has 0 fully saturated rings. The Morgan fingerprint density at radius 1 is 0.742 bits per heavy atom. The lowest BCUT2D eigenvalue weighted by Gasteiger charge is -2.17. The SMILES string of the molecule is CCCCCCCOP(=O)(OCCOCCOCC)OOc1cccc2ccccc12. The summed E-state index contributed by atoms with van der Waals surface area (Å²) in [5.74, 6) is 0.446. The number of fused-ring (bicyclic) bond motifs is 1. The van der Waals surface area contributed by atoms with Crippen LogP contribution in [0.15, 0.2) is 42.5 Å². The summed E-state index contributed by atoms with van der Waals surface area (Å²) in [6.07, 6.45) is 5.22. The molecule has 0 bridgehead atoms. The molecule has 2 aromatic carbocycles. The Labute approximate surface area is 185 Å². The van der Waals surface area contributed by atoms with Crippen molar-refractivity contribution in [1.29, 1.82) is 0 Å². The molecule has 174 valence electrons. The molecule has 8 heteroatoms. The first-order valence-electron chi connectivity index (χ1n) is 11.1. The number of ether oxygens (including phenoxy) is 2. The molecular weight excluding hydrogens is 419 g/mol. The summed E-state index contributed by atoms with van der Waals surface area (Å²) < 4.78 is 39.8. The van der Waals surface area contributed by atoms with Crippen LogP contribution in [0.3, 0.4) is 0 Å². The topological polar surface area (TPSA) is 72.5 Å². The molecule has 31 heavy (non-hydrogen) atoms. The van der Waals surface area contributed by atoms with Crippen LogP contribution >= 0.6 is 7.82 Å². The Morgan fingerprint density at radius 3 is 2.29 bits per heavy atom. The smallest absolute Gasteiger partial charge is 0.379 e. The van der Waals surface area contributed by atoms with Gasteiger partial charge < -0.3 is 14.4 Å². The fourth-order valence-corrected chi connectivity index (χ4v) is 3.87. The first kappa shape index (κ1) is 25.8. The monoisotopic (exact) mass is 454 g/mol. The van der Waals surface area contributed by atoms with E-state index in [-0.39, 0.29) is 19.8 Å². The molecule has 2 rings (SSSR count).